The Morgan fingerprint density at radius 2 is 0.152 bits per heavy atom. The van der Waals surface area contributed by atoms with E-state index in [1.54, 1.807) is 0 Å². The van der Waals surface area contributed by atoms with Crippen molar-refractivity contribution < 1.29 is 56.2 Å². The number of benzene rings is 11. The highest BCUT2D eigenvalue weighted by Crippen LogP contribution is 2.50. The molecular formula is C121H154O11. The summed E-state index contributed by atoms with van der Waals surface area (Å²) >= 11 is 0. The van der Waals surface area contributed by atoms with Gasteiger partial charge in [-0.2, -0.15) is 0 Å². The van der Waals surface area contributed by atoms with Crippen molar-refractivity contribution in [1.29, 1.82) is 0 Å². The average Bonchev–Trinajstić information content (AvgIpc) is 0.771. The van der Waals surface area contributed by atoms with E-state index >= 15 is 0 Å². The number of phenolic OH excluding ortho intramolecular Hbond substituents is 11. The van der Waals surface area contributed by atoms with E-state index in [4.69, 9.17) is 0 Å². The summed E-state index contributed by atoms with van der Waals surface area (Å²) in [5.74, 6) is 0.367. The maximum absolute atomic E-state index is 13.1. The zero-order valence-corrected chi connectivity index (χ0v) is 85.9. The summed E-state index contributed by atoms with van der Waals surface area (Å²) in [7, 11) is 0. The summed E-state index contributed by atoms with van der Waals surface area (Å²) in [6, 6.07) is 44.7. The van der Waals surface area contributed by atoms with Crippen LogP contribution in [0.2, 0.25) is 0 Å². The lowest BCUT2D eigenvalue weighted by Crippen LogP contribution is -2.15. The summed E-state index contributed by atoms with van der Waals surface area (Å²) < 4.78 is 0. The van der Waals surface area contributed by atoms with Gasteiger partial charge in [-0.25, -0.2) is 0 Å². The molecule has 0 saturated heterocycles. The first-order valence-corrected chi connectivity index (χ1v) is 47.7. The topological polar surface area (TPSA) is 223 Å². The molecular weight excluding hydrogens is 1630 g/mol. The largest absolute Gasteiger partial charge is 0.507 e. The van der Waals surface area contributed by atoms with Gasteiger partial charge in [-0.1, -0.05) is 362 Å². The van der Waals surface area contributed by atoms with Gasteiger partial charge in [0.1, 0.15) is 63.2 Å². The third-order valence-corrected chi connectivity index (χ3v) is 27.7. The smallest absolute Gasteiger partial charge is 0.122 e. The molecule has 11 aromatic rings. The van der Waals surface area contributed by atoms with Crippen LogP contribution in [-0.2, 0) is 130 Å². The Hall–Kier alpha value is -10.8. The van der Waals surface area contributed by atoms with Crippen LogP contribution in [0.25, 0.3) is 0 Å². The number of aromatic hydroxyl groups is 11. The molecule has 0 unspecified atom stereocenters. The van der Waals surface area contributed by atoms with Crippen LogP contribution < -0.4 is 0 Å². The number of hydrogen-bond donors (Lipinski definition) is 11. The predicted molar refractivity (Wildman–Crippen MR) is 546 cm³/mol. The summed E-state index contributed by atoms with van der Waals surface area (Å²) in [5, 5.41) is 144. The van der Waals surface area contributed by atoms with Crippen LogP contribution in [0.5, 0.6) is 63.2 Å². The van der Waals surface area contributed by atoms with E-state index in [0.717, 1.165) is 61.2 Å². The zero-order valence-electron chi connectivity index (χ0n) is 85.9. The fraction of sp³-hybridized carbons (Fsp3) is 0.455. The van der Waals surface area contributed by atoms with Crippen LogP contribution in [0.15, 0.2) is 133 Å². The monoisotopic (exact) mass is 1780 g/mol. The Morgan fingerprint density at radius 1 is 0.106 bits per heavy atom. The molecule has 0 fully saturated rings. The third-order valence-electron chi connectivity index (χ3n) is 27.7. The highest BCUT2D eigenvalue weighted by atomic mass is 16.3. The van der Waals surface area contributed by atoms with Gasteiger partial charge in [-0.05, 0) is 243 Å². The quantitative estimate of drug-likeness (QED) is 0.0685. The molecule has 0 spiro atoms. The Balaban J connectivity index is 1.09. The molecule has 1 aliphatic rings. The minimum absolute atomic E-state index is 0.0334. The van der Waals surface area contributed by atoms with E-state index in [0.29, 0.717) is 122 Å². The Labute approximate surface area is 790 Å². The molecule has 132 heavy (non-hydrogen) atoms. The van der Waals surface area contributed by atoms with Crippen molar-refractivity contribution in [2.45, 2.75) is 359 Å². The van der Waals surface area contributed by atoms with Crippen molar-refractivity contribution in [3.63, 3.8) is 0 Å². The second kappa shape index (κ2) is 35.2. The minimum atomic E-state index is -0.424. The lowest BCUT2D eigenvalue weighted by molar-refractivity contribution is 0.449. The summed E-state index contributed by atoms with van der Waals surface area (Å²) in [6.07, 6.45) is 1.45. The lowest BCUT2D eigenvalue weighted by atomic mass is 9.79. The second-order valence-electron chi connectivity index (χ2n) is 50.3. The molecule has 11 aromatic carbocycles. The molecule has 11 heteroatoms. The molecule has 11 nitrogen and oxygen atoms in total. The van der Waals surface area contributed by atoms with Gasteiger partial charge in [-0.3, -0.25) is 0 Å². The van der Waals surface area contributed by atoms with E-state index < -0.39 is 59.6 Å². The number of fused-ring (bicyclic) bond motifs is 22. The molecule has 0 amide bonds. The number of rotatable bonds is 0. The van der Waals surface area contributed by atoms with Crippen molar-refractivity contribution in [1.82, 2.24) is 0 Å². The first-order valence-electron chi connectivity index (χ1n) is 47.7. The van der Waals surface area contributed by atoms with Crippen molar-refractivity contribution in [3.05, 3.63) is 317 Å². The van der Waals surface area contributed by atoms with Crippen molar-refractivity contribution in [2.75, 3.05) is 0 Å². The van der Waals surface area contributed by atoms with Crippen LogP contribution in [0, 0.1) is 0 Å². The van der Waals surface area contributed by atoms with Crippen LogP contribution in [0.1, 0.15) is 412 Å². The molecule has 0 aromatic heterocycles. The summed E-state index contributed by atoms with van der Waals surface area (Å²) in [6.45, 7) is 70.5. The predicted octanol–water partition coefficient (Wildman–Crippen LogP) is 28.5. The van der Waals surface area contributed by atoms with E-state index in [2.05, 4.69) is 228 Å². The molecule has 22 bridgehead atoms. The molecule has 0 radical (unpaired) electrons. The SMILES string of the molecule is CC(C)(C)c1cc2c(O)c(c1)Cc1cc(C(C)(C)C)cc(c1O)Cc1cc(C(C)(C)C)cc(c1O)Cc1cc(C(C)(C)C)cc(c1O)Cc1cc(C(C)(C)C)cc(c1O)Cc1cc(C(C)(C)C)cc(c1O)Cc1cc(C(C)(C)C)cc(c1O)Cc1cc(C(C)(C)C)cc(c1O)Cc1cc(C(C)(C)C)cc(c1O)Cc1cc(C(C)(C)C)cc(c1O)Cc1cc(C(C)(C)C)cc(c1O)C2. The van der Waals surface area contributed by atoms with Crippen LogP contribution in [0.3, 0.4) is 0 Å². The number of phenols is 11. The minimum Gasteiger partial charge on any atom is -0.507 e. The van der Waals surface area contributed by atoms with Crippen LogP contribution in [0.4, 0.5) is 0 Å². The summed E-state index contributed by atoms with van der Waals surface area (Å²) in [5.41, 5.74) is 18.7. The zero-order chi connectivity index (χ0) is 98.2. The second-order valence-corrected chi connectivity index (χ2v) is 50.3. The maximum atomic E-state index is 13.1. The summed E-state index contributed by atoms with van der Waals surface area (Å²) in [4.78, 5) is 0. The Kier molecular flexibility index (Phi) is 26.7. The van der Waals surface area contributed by atoms with Crippen LogP contribution >= 0.6 is 0 Å². The van der Waals surface area contributed by atoms with Crippen molar-refractivity contribution in [3.8, 4) is 63.2 Å². The Morgan fingerprint density at radius 3 is 0.189 bits per heavy atom. The molecule has 12 rings (SSSR count). The Bertz CT molecular complexity index is 4710. The average molecular weight is 1780 g/mol. The van der Waals surface area contributed by atoms with Gasteiger partial charge in [0.15, 0.2) is 0 Å². The van der Waals surface area contributed by atoms with Gasteiger partial charge in [0.05, 0.1) is 0 Å². The van der Waals surface area contributed by atoms with Gasteiger partial charge < -0.3 is 56.2 Å². The molecule has 0 heterocycles. The van der Waals surface area contributed by atoms with Gasteiger partial charge in [0.2, 0.25) is 0 Å². The molecule has 11 N–H and O–H groups in total. The first kappa shape index (κ1) is 100. The lowest BCUT2D eigenvalue weighted by Gasteiger charge is -2.27. The van der Waals surface area contributed by atoms with Gasteiger partial charge in [0, 0.05) is 70.6 Å². The normalized spacial score (nSPS) is 14.2. The van der Waals surface area contributed by atoms with Gasteiger partial charge >= 0.3 is 0 Å². The standard InChI is InChI=1S/C121H154O11/c1-111(2,3)89-45-67-34-69-47-90(112(4,5)6)49-71(101(69)123)36-73-51-92(114(10,11)12)53-75(103(73)125)38-77-55-94(116(16,17)18)57-79(105(77)127)40-81-59-96(118(22,23)24)61-83(107(81)129)42-85-63-98(120(28,29)30)65-87(109(85)131)44-88-66-99(121(31,32)33)64-86(110(88)132)43-84-62-97(119(25,26)27)60-82(108(84)130)41-80-58-95(117(19,20)21)56-78(106(80)128)39-76-54-93(115(13,14)15)52-74(104(76)126)37-72-50-91(113(7,8)9)48-70(102(72)124)35-68(46-89)100(67)122/h45-66,122-132H,34-44H2,1-33H3. The molecule has 1 aliphatic carbocycles. The highest BCUT2D eigenvalue weighted by Gasteiger charge is 2.35. The molecule has 704 valence electrons. The highest BCUT2D eigenvalue weighted by molar-refractivity contribution is 5.65. The van der Waals surface area contributed by atoms with Gasteiger partial charge in [0.25, 0.3) is 0 Å². The fourth-order valence-electron chi connectivity index (χ4n) is 18.3. The van der Waals surface area contributed by atoms with E-state index in [-0.39, 0.29) is 134 Å². The van der Waals surface area contributed by atoms with E-state index in [1.165, 1.54) is 0 Å². The van der Waals surface area contributed by atoms with Crippen molar-refractivity contribution >= 4 is 0 Å². The fourth-order valence-corrected chi connectivity index (χ4v) is 18.3. The van der Waals surface area contributed by atoms with E-state index in [1.807, 2.05) is 133 Å². The first-order chi connectivity index (χ1) is 60.3. The van der Waals surface area contributed by atoms with Crippen LogP contribution in [-0.4, -0.2) is 56.2 Å². The van der Waals surface area contributed by atoms with Crippen molar-refractivity contribution in [2.24, 2.45) is 0 Å². The number of hydrogen-bond acceptors (Lipinski definition) is 11. The van der Waals surface area contributed by atoms with E-state index in [9.17, 15) is 56.2 Å². The molecule has 0 saturated carbocycles. The van der Waals surface area contributed by atoms with Gasteiger partial charge in [-0.15, -0.1) is 0 Å². The molecule has 0 atom stereocenters. The molecule has 0 aliphatic heterocycles. The third kappa shape index (κ3) is 22.0. The maximum Gasteiger partial charge on any atom is 0.122 e.